The van der Waals surface area contributed by atoms with Crippen LogP contribution < -0.4 is 5.32 Å². The van der Waals surface area contributed by atoms with E-state index >= 15 is 0 Å². The lowest BCUT2D eigenvalue weighted by atomic mass is 9.87. The number of anilines is 1. The minimum atomic E-state index is 0.0218. The molecule has 0 atom stereocenters. The zero-order chi connectivity index (χ0) is 12.1. The van der Waals surface area contributed by atoms with Crippen LogP contribution >= 0.6 is 11.6 Å². The Labute approximate surface area is 106 Å². The molecule has 0 aliphatic heterocycles. The molecule has 1 aliphatic rings. The van der Waals surface area contributed by atoms with Crippen LogP contribution in [-0.2, 0) is 4.79 Å². The van der Waals surface area contributed by atoms with Gasteiger partial charge in [-0.15, -0.1) is 10.2 Å². The largest absolute Gasteiger partial charge is 0.309 e. The van der Waals surface area contributed by atoms with E-state index in [4.69, 9.17) is 11.6 Å². The predicted octanol–water partition coefficient (Wildman–Crippen LogP) is 3.04. The number of rotatable bonds is 3. The predicted molar refractivity (Wildman–Crippen MR) is 66.9 cm³/mol. The normalized spacial score (nSPS) is 16.8. The SMILES string of the molecule is O=C(CC1CCCCC1)Nc1ccc(Cl)nn1. The van der Waals surface area contributed by atoms with Crippen molar-refractivity contribution in [1.29, 1.82) is 0 Å². The summed E-state index contributed by atoms with van der Waals surface area (Å²) in [4.78, 5) is 11.8. The van der Waals surface area contributed by atoms with Crippen LogP contribution in [-0.4, -0.2) is 16.1 Å². The van der Waals surface area contributed by atoms with Gasteiger partial charge in [0.25, 0.3) is 0 Å². The Bertz CT molecular complexity index is 374. The topological polar surface area (TPSA) is 54.9 Å². The molecule has 0 aromatic carbocycles. The highest BCUT2D eigenvalue weighted by Gasteiger charge is 2.17. The maximum atomic E-state index is 11.8. The number of nitrogens with zero attached hydrogens (tertiary/aromatic N) is 2. The van der Waals surface area contributed by atoms with Crippen molar-refractivity contribution in [2.45, 2.75) is 38.5 Å². The zero-order valence-electron chi connectivity index (χ0n) is 9.66. The fraction of sp³-hybridized carbons (Fsp3) is 0.583. The smallest absolute Gasteiger partial charge is 0.225 e. The minimum absolute atomic E-state index is 0.0218. The molecule has 4 nitrogen and oxygen atoms in total. The van der Waals surface area contributed by atoms with Gasteiger partial charge in [-0.3, -0.25) is 4.79 Å². The van der Waals surface area contributed by atoms with E-state index in [0.29, 0.717) is 23.3 Å². The van der Waals surface area contributed by atoms with Crippen molar-refractivity contribution >= 4 is 23.3 Å². The van der Waals surface area contributed by atoms with Gasteiger partial charge in [-0.2, -0.15) is 0 Å². The Morgan fingerprint density at radius 3 is 2.71 bits per heavy atom. The summed E-state index contributed by atoms with van der Waals surface area (Å²) in [6.45, 7) is 0. The van der Waals surface area contributed by atoms with Crippen molar-refractivity contribution in [3.63, 3.8) is 0 Å². The highest BCUT2D eigenvalue weighted by molar-refractivity contribution is 6.29. The molecule has 0 spiro atoms. The van der Waals surface area contributed by atoms with E-state index in [0.717, 1.165) is 0 Å². The number of nitrogens with one attached hydrogen (secondary N) is 1. The average Bonchev–Trinajstić information content (AvgIpc) is 2.33. The van der Waals surface area contributed by atoms with Crippen LogP contribution in [0.5, 0.6) is 0 Å². The van der Waals surface area contributed by atoms with Gasteiger partial charge in [0.2, 0.25) is 5.91 Å². The van der Waals surface area contributed by atoms with Crippen LogP contribution in [0.25, 0.3) is 0 Å². The van der Waals surface area contributed by atoms with E-state index in [-0.39, 0.29) is 5.91 Å². The van der Waals surface area contributed by atoms with E-state index in [1.807, 2.05) is 0 Å². The van der Waals surface area contributed by atoms with Crippen molar-refractivity contribution in [2.24, 2.45) is 5.92 Å². The molecule has 1 aromatic heterocycles. The monoisotopic (exact) mass is 253 g/mol. The van der Waals surface area contributed by atoms with Gasteiger partial charge < -0.3 is 5.32 Å². The summed E-state index contributed by atoms with van der Waals surface area (Å²) in [6, 6.07) is 3.28. The molecule has 1 amide bonds. The second-order valence-corrected chi connectivity index (χ2v) is 4.88. The van der Waals surface area contributed by atoms with Crippen molar-refractivity contribution in [2.75, 3.05) is 5.32 Å². The summed E-state index contributed by atoms with van der Waals surface area (Å²) in [5.41, 5.74) is 0. The molecule has 1 aliphatic carbocycles. The second-order valence-electron chi connectivity index (χ2n) is 4.50. The molecule has 92 valence electrons. The van der Waals surface area contributed by atoms with Crippen LogP contribution in [0.4, 0.5) is 5.82 Å². The molecule has 1 heterocycles. The number of carbonyl (C=O) groups excluding carboxylic acids is 1. The van der Waals surface area contributed by atoms with E-state index in [1.165, 1.54) is 32.1 Å². The summed E-state index contributed by atoms with van der Waals surface area (Å²) < 4.78 is 0. The molecule has 5 heteroatoms. The summed E-state index contributed by atoms with van der Waals surface area (Å²) in [5.74, 6) is 1.02. The number of hydrogen-bond donors (Lipinski definition) is 1. The Hall–Kier alpha value is -1.16. The zero-order valence-corrected chi connectivity index (χ0v) is 10.4. The van der Waals surface area contributed by atoms with E-state index in [2.05, 4.69) is 15.5 Å². The lowest BCUT2D eigenvalue weighted by Gasteiger charge is -2.20. The van der Waals surface area contributed by atoms with E-state index in [9.17, 15) is 4.79 Å². The molecule has 0 saturated heterocycles. The minimum Gasteiger partial charge on any atom is -0.309 e. The van der Waals surface area contributed by atoms with Crippen molar-refractivity contribution in [1.82, 2.24) is 10.2 Å². The number of aromatic nitrogens is 2. The Kier molecular flexibility index (Phi) is 4.31. The van der Waals surface area contributed by atoms with Crippen molar-refractivity contribution < 1.29 is 4.79 Å². The molecule has 0 unspecified atom stereocenters. The molecule has 17 heavy (non-hydrogen) atoms. The van der Waals surface area contributed by atoms with Gasteiger partial charge in [0, 0.05) is 6.42 Å². The quantitative estimate of drug-likeness (QED) is 0.901. The first-order valence-electron chi connectivity index (χ1n) is 6.03. The number of carbonyl (C=O) groups is 1. The third kappa shape index (κ3) is 3.97. The molecular weight excluding hydrogens is 238 g/mol. The van der Waals surface area contributed by atoms with Crippen LogP contribution in [0.15, 0.2) is 12.1 Å². The fourth-order valence-corrected chi connectivity index (χ4v) is 2.33. The summed E-state index contributed by atoms with van der Waals surface area (Å²) >= 11 is 5.62. The first kappa shape index (κ1) is 12.3. The second kappa shape index (κ2) is 5.96. The molecule has 2 rings (SSSR count). The van der Waals surface area contributed by atoms with Crippen LogP contribution in [0, 0.1) is 5.92 Å². The van der Waals surface area contributed by atoms with Crippen molar-refractivity contribution in [3.8, 4) is 0 Å². The van der Waals surface area contributed by atoms with Gasteiger partial charge in [-0.1, -0.05) is 30.9 Å². The average molecular weight is 254 g/mol. The van der Waals surface area contributed by atoms with E-state index < -0.39 is 0 Å². The standard InChI is InChI=1S/C12H16ClN3O/c13-10-6-7-11(16-15-10)14-12(17)8-9-4-2-1-3-5-9/h6-7,9H,1-5,8H2,(H,14,16,17). The van der Waals surface area contributed by atoms with Gasteiger partial charge in [-0.05, 0) is 30.9 Å². The van der Waals surface area contributed by atoms with Gasteiger partial charge in [0.05, 0.1) is 0 Å². The fourth-order valence-electron chi connectivity index (χ4n) is 2.23. The van der Waals surface area contributed by atoms with Crippen LogP contribution in [0.1, 0.15) is 38.5 Å². The number of halogens is 1. The highest BCUT2D eigenvalue weighted by atomic mass is 35.5. The van der Waals surface area contributed by atoms with Gasteiger partial charge in [0.1, 0.15) is 0 Å². The maximum absolute atomic E-state index is 11.8. The molecule has 0 bridgehead atoms. The summed E-state index contributed by atoms with van der Waals surface area (Å²) in [5, 5.41) is 10.6. The van der Waals surface area contributed by atoms with Crippen LogP contribution in [0.2, 0.25) is 5.15 Å². The number of hydrogen-bond acceptors (Lipinski definition) is 3. The Balaban J connectivity index is 1.82. The Morgan fingerprint density at radius 1 is 1.29 bits per heavy atom. The number of amides is 1. The summed E-state index contributed by atoms with van der Waals surface area (Å²) in [7, 11) is 0. The highest BCUT2D eigenvalue weighted by Crippen LogP contribution is 2.26. The lowest BCUT2D eigenvalue weighted by molar-refractivity contribution is -0.117. The van der Waals surface area contributed by atoms with Gasteiger partial charge >= 0.3 is 0 Å². The first-order chi connectivity index (χ1) is 8.24. The molecule has 1 N–H and O–H groups in total. The molecule has 1 saturated carbocycles. The van der Waals surface area contributed by atoms with Crippen molar-refractivity contribution in [3.05, 3.63) is 17.3 Å². The molecular formula is C12H16ClN3O. The van der Waals surface area contributed by atoms with Crippen LogP contribution in [0.3, 0.4) is 0 Å². The molecule has 1 aromatic rings. The third-order valence-electron chi connectivity index (χ3n) is 3.10. The summed E-state index contributed by atoms with van der Waals surface area (Å²) in [6.07, 6.45) is 6.72. The molecule has 1 fully saturated rings. The maximum Gasteiger partial charge on any atom is 0.225 e. The molecule has 0 radical (unpaired) electrons. The van der Waals surface area contributed by atoms with Gasteiger partial charge in [-0.25, -0.2) is 0 Å². The first-order valence-corrected chi connectivity index (χ1v) is 6.41. The Morgan fingerprint density at radius 2 is 2.06 bits per heavy atom. The third-order valence-corrected chi connectivity index (χ3v) is 3.30. The lowest BCUT2D eigenvalue weighted by Crippen LogP contribution is -2.19. The van der Waals surface area contributed by atoms with Gasteiger partial charge in [0.15, 0.2) is 11.0 Å². The van der Waals surface area contributed by atoms with E-state index in [1.54, 1.807) is 12.1 Å².